The Morgan fingerprint density at radius 3 is 3.05 bits per heavy atom. The molecular weight excluding hydrogens is 244 g/mol. The molecule has 0 saturated carbocycles. The highest BCUT2D eigenvalue weighted by molar-refractivity contribution is 5.82. The van der Waals surface area contributed by atoms with E-state index in [4.69, 9.17) is 4.74 Å². The minimum absolute atomic E-state index is 0.143. The van der Waals surface area contributed by atoms with Crippen LogP contribution in [-0.2, 0) is 11.3 Å². The first kappa shape index (κ1) is 12.2. The summed E-state index contributed by atoms with van der Waals surface area (Å²) in [7, 11) is 0. The summed E-state index contributed by atoms with van der Waals surface area (Å²) in [6, 6.07) is 6.99. The first-order chi connectivity index (χ1) is 9.24. The number of rotatable bonds is 4. The molecule has 1 unspecified atom stereocenters. The van der Waals surface area contributed by atoms with Gasteiger partial charge >= 0.3 is 0 Å². The van der Waals surface area contributed by atoms with Crippen LogP contribution < -0.4 is 0 Å². The molecule has 2 aromatic rings. The van der Waals surface area contributed by atoms with Crippen LogP contribution in [0.2, 0.25) is 0 Å². The van der Waals surface area contributed by atoms with E-state index in [0.717, 1.165) is 43.3 Å². The van der Waals surface area contributed by atoms with Crippen molar-refractivity contribution in [1.29, 1.82) is 0 Å². The second-order valence-corrected chi connectivity index (χ2v) is 4.93. The Kier molecular flexibility index (Phi) is 3.21. The zero-order valence-corrected chi connectivity index (χ0v) is 10.6. The Morgan fingerprint density at radius 2 is 2.32 bits per heavy atom. The zero-order chi connectivity index (χ0) is 13.2. The van der Waals surface area contributed by atoms with Crippen LogP contribution in [0.15, 0.2) is 30.5 Å². The Morgan fingerprint density at radius 1 is 1.42 bits per heavy atom. The van der Waals surface area contributed by atoms with E-state index in [2.05, 4.69) is 4.57 Å². The maximum absolute atomic E-state index is 10.8. The molecule has 1 aromatic carbocycles. The molecule has 1 aromatic heterocycles. The minimum atomic E-state index is -0.350. The number of non-ortho nitro benzene ring substituents is 1. The molecule has 1 aliphatic heterocycles. The van der Waals surface area contributed by atoms with Gasteiger partial charge in [-0.05, 0) is 31.4 Å². The van der Waals surface area contributed by atoms with Gasteiger partial charge in [-0.15, -0.1) is 0 Å². The molecule has 0 amide bonds. The lowest BCUT2D eigenvalue weighted by molar-refractivity contribution is -0.384. The highest BCUT2D eigenvalue weighted by atomic mass is 16.6. The van der Waals surface area contributed by atoms with Crippen molar-refractivity contribution in [3.63, 3.8) is 0 Å². The maximum Gasteiger partial charge on any atom is 0.271 e. The van der Waals surface area contributed by atoms with Crippen LogP contribution in [0, 0.1) is 10.1 Å². The summed E-state index contributed by atoms with van der Waals surface area (Å²) in [6.45, 7) is 1.71. The van der Waals surface area contributed by atoms with Crippen LogP contribution >= 0.6 is 0 Å². The van der Waals surface area contributed by atoms with Crippen LogP contribution in [0.4, 0.5) is 5.69 Å². The standard InChI is InChI=1S/C14H16N2O3/c17-16(18)12-4-3-11-5-7-15(14(11)10-12)8-6-13-2-1-9-19-13/h3-5,7,10,13H,1-2,6,8-9H2. The lowest BCUT2D eigenvalue weighted by atomic mass is 10.2. The lowest BCUT2D eigenvalue weighted by Gasteiger charge is -2.10. The van der Waals surface area contributed by atoms with Gasteiger partial charge in [-0.2, -0.15) is 0 Å². The van der Waals surface area contributed by atoms with E-state index in [1.807, 2.05) is 12.3 Å². The number of ether oxygens (including phenoxy) is 1. The molecule has 1 fully saturated rings. The van der Waals surface area contributed by atoms with Crippen molar-refractivity contribution in [1.82, 2.24) is 4.57 Å². The smallest absolute Gasteiger partial charge is 0.271 e. The number of fused-ring (bicyclic) bond motifs is 1. The number of nitro groups is 1. The number of aromatic nitrogens is 1. The van der Waals surface area contributed by atoms with Crippen LogP contribution in [0.3, 0.4) is 0 Å². The van der Waals surface area contributed by atoms with Crippen molar-refractivity contribution in [2.45, 2.75) is 31.9 Å². The molecule has 0 radical (unpaired) electrons. The van der Waals surface area contributed by atoms with Crippen LogP contribution in [-0.4, -0.2) is 22.2 Å². The molecule has 0 bridgehead atoms. The number of hydrogen-bond donors (Lipinski definition) is 0. The van der Waals surface area contributed by atoms with E-state index in [1.165, 1.54) is 0 Å². The molecule has 3 rings (SSSR count). The van der Waals surface area contributed by atoms with Crippen molar-refractivity contribution >= 4 is 16.6 Å². The topological polar surface area (TPSA) is 57.3 Å². The Hall–Kier alpha value is -1.88. The van der Waals surface area contributed by atoms with Crippen LogP contribution in [0.25, 0.3) is 10.9 Å². The highest BCUT2D eigenvalue weighted by Gasteiger charge is 2.16. The van der Waals surface area contributed by atoms with Gasteiger partial charge in [-0.25, -0.2) is 0 Å². The van der Waals surface area contributed by atoms with Gasteiger partial charge in [0.05, 0.1) is 16.5 Å². The van der Waals surface area contributed by atoms with Crippen molar-refractivity contribution in [2.24, 2.45) is 0 Å². The molecule has 5 nitrogen and oxygen atoms in total. The normalized spacial score (nSPS) is 19.1. The second-order valence-electron chi connectivity index (χ2n) is 4.93. The van der Waals surface area contributed by atoms with Crippen LogP contribution in [0.1, 0.15) is 19.3 Å². The first-order valence-electron chi connectivity index (χ1n) is 6.59. The Bertz CT molecular complexity index is 600. The van der Waals surface area contributed by atoms with E-state index in [1.54, 1.807) is 18.2 Å². The SMILES string of the molecule is O=[N+]([O-])c1ccc2ccn(CCC3CCCO3)c2c1. The van der Waals surface area contributed by atoms with Crippen LogP contribution in [0.5, 0.6) is 0 Å². The lowest BCUT2D eigenvalue weighted by Crippen LogP contribution is -2.09. The molecule has 2 heterocycles. The predicted octanol–water partition coefficient (Wildman–Crippen LogP) is 3.12. The van der Waals surface area contributed by atoms with E-state index >= 15 is 0 Å². The summed E-state index contributed by atoms with van der Waals surface area (Å²) in [4.78, 5) is 10.5. The number of benzene rings is 1. The number of nitro benzene ring substituents is 1. The fourth-order valence-electron chi connectivity index (χ4n) is 2.64. The predicted molar refractivity (Wildman–Crippen MR) is 72.2 cm³/mol. The molecule has 1 atom stereocenters. The monoisotopic (exact) mass is 260 g/mol. The van der Waals surface area contributed by atoms with Gasteiger partial charge < -0.3 is 9.30 Å². The van der Waals surface area contributed by atoms with Gasteiger partial charge in [0, 0.05) is 36.9 Å². The van der Waals surface area contributed by atoms with Gasteiger partial charge in [0.1, 0.15) is 0 Å². The van der Waals surface area contributed by atoms with Crippen molar-refractivity contribution in [2.75, 3.05) is 6.61 Å². The average molecular weight is 260 g/mol. The van der Waals surface area contributed by atoms with Gasteiger partial charge in [-0.3, -0.25) is 10.1 Å². The minimum Gasteiger partial charge on any atom is -0.378 e. The molecule has 0 spiro atoms. The molecule has 1 saturated heterocycles. The summed E-state index contributed by atoms with van der Waals surface area (Å²) in [5, 5.41) is 11.9. The van der Waals surface area contributed by atoms with Gasteiger partial charge in [-0.1, -0.05) is 0 Å². The molecule has 5 heteroatoms. The van der Waals surface area contributed by atoms with Crippen molar-refractivity contribution in [3.05, 3.63) is 40.6 Å². The average Bonchev–Trinajstić information content (AvgIpc) is 3.05. The Balaban J connectivity index is 1.81. The quantitative estimate of drug-likeness (QED) is 0.627. The molecule has 19 heavy (non-hydrogen) atoms. The summed E-state index contributed by atoms with van der Waals surface area (Å²) >= 11 is 0. The molecule has 0 N–H and O–H groups in total. The first-order valence-corrected chi connectivity index (χ1v) is 6.59. The van der Waals surface area contributed by atoms with E-state index in [-0.39, 0.29) is 10.6 Å². The molecule has 100 valence electrons. The largest absolute Gasteiger partial charge is 0.378 e. The third-order valence-electron chi connectivity index (χ3n) is 3.68. The number of aryl methyl sites for hydroxylation is 1. The summed E-state index contributed by atoms with van der Waals surface area (Å²) in [5.41, 5.74) is 1.07. The summed E-state index contributed by atoms with van der Waals surface area (Å²) in [5.74, 6) is 0. The van der Waals surface area contributed by atoms with Gasteiger partial charge in [0.15, 0.2) is 0 Å². The van der Waals surface area contributed by atoms with E-state index in [9.17, 15) is 10.1 Å². The maximum atomic E-state index is 10.8. The zero-order valence-electron chi connectivity index (χ0n) is 10.6. The number of nitrogens with zero attached hydrogens (tertiary/aromatic N) is 2. The van der Waals surface area contributed by atoms with E-state index < -0.39 is 0 Å². The fourth-order valence-corrected chi connectivity index (χ4v) is 2.64. The fraction of sp³-hybridized carbons (Fsp3) is 0.429. The van der Waals surface area contributed by atoms with Crippen molar-refractivity contribution in [3.8, 4) is 0 Å². The molecular formula is C14H16N2O3. The van der Waals surface area contributed by atoms with E-state index in [0.29, 0.717) is 6.10 Å². The second kappa shape index (κ2) is 5.01. The Labute approximate surface area is 110 Å². The van der Waals surface area contributed by atoms with Gasteiger partial charge in [0.25, 0.3) is 5.69 Å². The molecule has 1 aliphatic rings. The summed E-state index contributed by atoms with van der Waals surface area (Å²) < 4.78 is 7.68. The third-order valence-corrected chi connectivity index (χ3v) is 3.68. The molecule has 0 aliphatic carbocycles. The van der Waals surface area contributed by atoms with Gasteiger partial charge in [0.2, 0.25) is 0 Å². The third kappa shape index (κ3) is 2.46. The summed E-state index contributed by atoms with van der Waals surface area (Å²) in [6.07, 6.45) is 5.56. The van der Waals surface area contributed by atoms with Crippen molar-refractivity contribution < 1.29 is 9.66 Å². The highest BCUT2D eigenvalue weighted by Crippen LogP contribution is 2.23. The number of hydrogen-bond acceptors (Lipinski definition) is 3.